The molecule has 0 spiro atoms. The number of methoxy groups -OCH3 is 1. The minimum absolute atomic E-state index is 0.472. The summed E-state index contributed by atoms with van der Waals surface area (Å²) in [5, 5.41) is 11.7. The quantitative estimate of drug-likeness (QED) is 0.774. The maximum Gasteiger partial charge on any atom is 0.0997 e. The molecule has 2 rings (SSSR count). The molecule has 5 nitrogen and oxygen atoms in total. The molecule has 0 aromatic carbocycles. The Kier molecular flexibility index (Phi) is 4.12. The predicted octanol–water partition coefficient (Wildman–Crippen LogP) is 1.16. The number of nitrogens with zero attached hydrogens (tertiary/aromatic N) is 3. The molecule has 1 saturated carbocycles. The molecule has 0 amide bonds. The number of hydrogen-bond acceptors (Lipinski definition) is 4. The van der Waals surface area contributed by atoms with E-state index in [0.717, 1.165) is 31.2 Å². The zero-order valence-corrected chi connectivity index (χ0v) is 10.9. The Morgan fingerprint density at radius 1 is 1.53 bits per heavy atom. The van der Waals surface area contributed by atoms with Crippen LogP contribution in [0.5, 0.6) is 0 Å². The average Bonchev–Trinajstić information content (AvgIpc) is 3.10. The molecule has 0 radical (unpaired) electrons. The Morgan fingerprint density at radius 3 is 2.88 bits per heavy atom. The van der Waals surface area contributed by atoms with Crippen molar-refractivity contribution in [3.05, 3.63) is 11.4 Å². The van der Waals surface area contributed by atoms with Crippen LogP contribution in [0.15, 0.2) is 0 Å². The van der Waals surface area contributed by atoms with E-state index in [0.29, 0.717) is 6.04 Å². The first-order valence-corrected chi connectivity index (χ1v) is 6.34. The van der Waals surface area contributed by atoms with Gasteiger partial charge < -0.3 is 10.1 Å². The smallest absolute Gasteiger partial charge is 0.0997 e. The van der Waals surface area contributed by atoms with E-state index in [1.54, 1.807) is 7.11 Å². The van der Waals surface area contributed by atoms with Crippen molar-refractivity contribution in [2.45, 2.75) is 38.8 Å². The van der Waals surface area contributed by atoms with E-state index in [2.05, 4.69) is 27.2 Å². The van der Waals surface area contributed by atoms with Gasteiger partial charge in [-0.15, -0.1) is 5.10 Å². The van der Waals surface area contributed by atoms with Gasteiger partial charge in [0.2, 0.25) is 0 Å². The number of nitrogens with one attached hydrogen (secondary N) is 1. The number of aromatic nitrogens is 3. The van der Waals surface area contributed by atoms with Crippen molar-refractivity contribution in [1.29, 1.82) is 0 Å². The second-order valence-electron chi connectivity index (χ2n) is 4.78. The molecule has 1 aromatic heterocycles. The molecule has 0 saturated heterocycles. The lowest BCUT2D eigenvalue weighted by Gasteiger charge is -2.14. The van der Waals surface area contributed by atoms with Crippen molar-refractivity contribution in [1.82, 2.24) is 20.3 Å². The minimum atomic E-state index is 0.472. The fourth-order valence-corrected chi connectivity index (χ4v) is 2.21. The Labute approximate surface area is 103 Å². The van der Waals surface area contributed by atoms with Gasteiger partial charge in [-0.3, -0.25) is 0 Å². The highest BCUT2D eigenvalue weighted by Crippen LogP contribution is 2.39. The van der Waals surface area contributed by atoms with Crippen LogP contribution in [0.3, 0.4) is 0 Å². The lowest BCUT2D eigenvalue weighted by atomic mass is 10.2. The van der Waals surface area contributed by atoms with Gasteiger partial charge in [-0.05, 0) is 32.7 Å². The summed E-state index contributed by atoms with van der Waals surface area (Å²) in [6.07, 6.45) is 3.54. The third-order valence-corrected chi connectivity index (χ3v) is 3.45. The zero-order valence-electron chi connectivity index (χ0n) is 10.9. The second-order valence-corrected chi connectivity index (χ2v) is 4.78. The van der Waals surface area contributed by atoms with Crippen molar-refractivity contribution in [2.24, 2.45) is 5.92 Å². The fraction of sp³-hybridized carbons (Fsp3) is 0.833. The summed E-state index contributed by atoms with van der Waals surface area (Å²) in [4.78, 5) is 0. The van der Waals surface area contributed by atoms with Gasteiger partial charge in [-0.1, -0.05) is 5.21 Å². The summed E-state index contributed by atoms with van der Waals surface area (Å²) in [5.41, 5.74) is 2.28. The van der Waals surface area contributed by atoms with Crippen LogP contribution in [-0.2, 0) is 17.7 Å². The van der Waals surface area contributed by atoms with E-state index in [9.17, 15) is 0 Å². The summed E-state index contributed by atoms with van der Waals surface area (Å²) in [6.45, 7) is 3.74. The Balaban J connectivity index is 2.17. The van der Waals surface area contributed by atoms with E-state index in [-0.39, 0.29) is 0 Å². The van der Waals surface area contributed by atoms with Crippen LogP contribution >= 0.6 is 0 Å². The highest BCUT2D eigenvalue weighted by Gasteiger charge is 2.31. The van der Waals surface area contributed by atoms with Crippen LogP contribution in [0.25, 0.3) is 0 Å². The molecule has 1 heterocycles. The van der Waals surface area contributed by atoms with Gasteiger partial charge in [0.1, 0.15) is 0 Å². The zero-order chi connectivity index (χ0) is 12.3. The van der Waals surface area contributed by atoms with Gasteiger partial charge in [-0.2, -0.15) is 0 Å². The normalized spacial score (nSPS) is 17.4. The van der Waals surface area contributed by atoms with Crippen molar-refractivity contribution >= 4 is 0 Å². The molecule has 1 atom stereocenters. The monoisotopic (exact) mass is 238 g/mol. The van der Waals surface area contributed by atoms with Gasteiger partial charge in [0, 0.05) is 20.1 Å². The lowest BCUT2D eigenvalue weighted by Crippen LogP contribution is -2.16. The predicted molar refractivity (Wildman–Crippen MR) is 65.8 cm³/mol. The Bertz CT molecular complexity index is 359. The molecule has 1 unspecified atom stereocenters. The molecule has 0 aliphatic heterocycles. The number of ether oxygens (including phenoxy) is 1. The van der Waals surface area contributed by atoms with Crippen LogP contribution in [0.2, 0.25) is 0 Å². The van der Waals surface area contributed by atoms with Crippen LogP contribution in [0, 0.1) is 5.92 Å². The van der Waals surface area contributed by atoms with Crippen molar-refractivity contribution in [2.75, 3.05) is 20.8 Å². The molecular weight excluding hydrogens is 216 g/mol. The van der Waals surface area contributed by atoms with Gasteiger partial charge in [0.15, 0.2) is 0 Å². The van der Waals surface area contributed by atoms with E-state index in [4.69, 9.17) is 4.74 Å². The summed E-state index contributed by atoms with van der Waals surface area (Å²) in [7, 11) is 3.67. The molecule has 0 bridgehead atoms. The second kappa shape index (κ2) is 5.60. The standard InChI is InChI=1S/C12H22N4O/c1-9(10-4-5-10)16-12(6-7-17-3)11(8-13-2)14-15-16/h9-10,13H,4-8H2,1-3H3. The Morgan fingerprint density at radius 2 is 2.29 bits per heavy atom. The van der Waals surface area contributed by atoms with E-state index >= 15 is 0 Å². The maximum atomic E-state index is 5.17. The summed E-state index contributed by atoms with van der Waals surface area (Å²) < 4.78 is 7.27. The molecular formula is C12H22N4O. The molecule has 1 fully saturated rings. The topological polar surface area (TPSA) is 52.0 Å². The molecule has 5 heteroatoms. The molecule has 1 aliphatic rings. The average molecular weight is 238 g/mol. The molecule has 17 heavy (non-hydrogen) atoms. The van der Waals surface area contributed by atoms with E-state index < -0.39 is 0 Å². The molecule has 1 aromatic rings. The third kappa shape index (κ3) is 2.84. The molecule has 1 N–H and O–H groups in total. The Hall–Kier alpha value is -0.940. The van der Waals surface area contributed by atoms with Crippen molar-refractivity contribution < 1.29 is 4.74 Å². The van der Waals surface area contributed by atoms with Crippen LogP contribution in [0.1, 0.15) is 37.2 Å². The van der Waals surface area contributed by atoms with Gasteiger partial charge in [-0.25, -0.2) is 4.68 Å². The van der Waals surface area contributed by atoms with Gasteiger partial charge in [0.25, 0.3) is 0 Å². The fourth-order valence-electron chi connectivity index (χ4n) is 2.21. The maximum absolute atomic E-state index is 5.17. The van der Waals surface area contributed by atoms with Crippen molar-refractivity contribution in [3.8, 4) is 0 Å². The SMILES string of the molecule is CNCc1nnn(C(C)C2CC2)c1CCOC. The first-order valence-electron chi connectivity index (χ1n) is 6.34. The highest BCUT2D eigenvalue weighted by molar-refractivity contribution is 5.12. The number of hydrogen-bond donors (Lipinski definition) is 1. The largest absolute Gasteiger partial charge is 0.384 e. The van der Waals surface area contributed by atoms with Crippen LogP contribution < -0.4 is 5.32 Å². The van der Waals surface area contributed by atoms with Crippen LogP contribution in [0.4, 0.5) is 0 Å². The molecule has 1 aliphatic carbocycles. The van der Waals surface area contributed by atoms with E-state index in [1.807, 2.05) is 7.05 Å². The number of rotatable bonds is 7. The summed E-state index contributed by atoms with van der Waals surface area (Å²) in [6, 6.07) is 0.472. The lowest BCUT2D eigenvalue weighted by molar-refractivity contribution is 0.199. The minimum Gasteiger partial charge on any atom is -0.384 e. The summed E-state index contributed by atoms with van der Waals surface area (Å²) >= 11 is 0. The van der Waals surface area contributed by atoms with E-state index in [1.165, 1.54) is 18.5 Å². The molecule has 96 valence electrons. The first kappa shape index (κ1) is 12.5. The van der Waals surface area contributed by atoms with Crippen molar-refractivity contribution in [3.63, 3.8) is 0 Å². The highest BCUT2D eigenvalue weighted by atomic mass is 16.5. The van der Waals surface area contributed by atoms with Gasteiger partial charge >= 0.3 is 0 Å². The summed E-state index contributed by atoms with van der Waals surface area (Å²) in [5.74, 6) is 0.792. The third-order valence-electron chi connectivity index (χ3n) is 3.45. The van der Waals surface area contributed by atoms with Crippen LogP contribution in [-0.4, -0.2) is 35.8 Å². The van der Waals surface area contributed by atoms with Gasteiger partial charge in [0.05, 0.1) is 24.0 Å². The first-order chi connectivity index (χ1) is 8.27.